The van der Waals surface area contributed by atoms with Crippen LogP contribution in [0.4, 0.5) is 5.69 Å². The Balaban J connectivity index is 2.13. The third-order valence-electron chi connectivity index (χ3n) is 2.63. The van der Waals surface area contributed by atoms with E-state index in [4.69, 9.17) is 17.3 Å². The van der Waals surface area contributed by atoms with Crippen molar-refractivity contribution in [2.75, 3.05) is 5.73 Å². The summed E-state index contributed by atoms with van der Waals surface area (Å²) in [4.78, 5) is 11.9. The number of nitrogen functional groups attached to an aromatic ring is 1. The van der Waals surface area contributed by atoms with E-state index in [0.29, 0.717) is 26.3 Å². The van der Waals surface area contributed by atoms with Crippen LogP contribution in [0.2, 0.25) is 5.02 Å². The predicted octanol–water partition coefficient (Wildman–Crippen LogP) is 3.15. The van der Waals surface area contributed by atoms with Crippen LogP contribution in [0, 0.1) is 0 Å². The molecular weight excluding hydrogens is 358 g/mol. The van der Waals surface area contributed by atoms with Gasteiger partial charge in [-0.1, -0.05) is 23.7 Å². The fourth-order valence-electron chi connectivity index (χ4n) is 1.61. The van der Waals surface area contributed by atoms with Gasteiger partial charge >= 0.3 is 0 Å². The summed E-state index contributed by atoms with van der Waals surface area (Å²) in [7, 11) is 0. The Morgan fingerprint density at radius 3 is 2.81 bits per heavy atom. The number of para-hydroxylation sites is 1. The molecule has 0 heterocycles. The molecule has 0 spiro atoms. The molecule has 4 N–H and O–H groups in total. The third kappa shape index (κ3) is 3.74. The number of amides is 1. The highest BCUT2D eigenvalue weighted by molar-refractivity contribution is 9.10. The van der Waals surface area contributed by atoms with Crippen LogP contribution in [0.3, 0.4) is 0 Å². The molecule has 1 amide bonds. The van der Waals surface area contributed by atoms with Gasteiger partial charge in [0, 0.05) is 16.3 Å². The fraction of sp³-hybridized carbons (Fsp3) is 0. The molecule has 2 aromatic rings. The van der Waals surface area contributed by atoms with Gasteiger partial charge in [-0.25, -0.2) is 5.43 Å². The van der Waals surface area contributed by atoms with Crippen LogP contribution in [0.1, 0.15) is 15.9 Å². The van der Waals surface area contributed by atoms with Gasteiger partial charge in [0.05, 0.1) is 16.3 Å². The number of benzene rings is 2. The van der Waals surface area contributed by atoms with Gasteiger partial charge in [-0.3, -0.25) is 4.79 Å². The number of hydrazone groups is 1. The Hall–Kier alpha value is -2.05. The molecule has 21 heavy (non-hydrogen) atoms. The molecule has 108 valence electrons. The molecule has 0 aromatic heterocycles. The highest BCUT2D eigenvalue weighted by Crippen LogP contribution is 2.30. The van der Waals surface area contributed by atoms with Crippen molar-refractivity contribution in [3.8, 4) is 5.75 Å². The normalized spacial score (nSPS) is 10.8. The lowest BCUT2D eigenvalue weighted by Gasteiger charge is -2.04. The minimum absolute atomic E-state index is 0.0170. The molecule has 0 aliphatic heterocycles. The topological polar surface area (TPSA) is 87.7 Å². The summed E-state index contributed by atoms with van der Waals surface area (Å²) in [6, 6.07) is 9.73. The highest BCUT2D eigenvalue weighted by atomic mass is 79.9. The second kappa shape index (κ2) is 6.60. The number of nitrogens with one attached hydrogen (secondary N) is 1. The van der Waals surface area contributed by atoms with Crippen molar-refractivity contribution in [1.29, 1.82) is 0 Å². The van der Waals surface area contributed by atoms with Gasteiger partial charge in [0.25, 0.3) is 5.91 Å². The van der Waals surface area contributed by atoms with Crippen LogP contribution in [-0.4, -0.2) is 17.2 Å². The summed E-state index contributed by atoms with van der Waals surface area (Å²) in [5.41, 5.74) is 9.08. The number of hydrogen-bond donors (Lipinski definition) is 3. The van der Waals surface area contributed by atoms with Crippen molar-refractivity contribution in [3.05, 3.63) is 57.0 Å². The first kappa shape index (κ1) is 15.3. The van der Waals surface area contributed by atoms with Gasteiger partial charge < -0.3 is 10.8 Å². The minimum Gasteiger partial charge on any atom is -0.506 e. The summed E-state index contributed by atoms with van der Waals surface area (Å²) in [6.45, 7) is 0. The SMILES string of the molecule is Nc1ccccc1C(=O)NN=Cc1cc(Cl)cc(Br)c1O. The number of anilines is 1. The summed E-state index contributed by atoms with van der Waals surface area (Å²) in [6.07, 6.45) is 1.29. The van der Waals surface area contributed by atoms with Gasteiger partial charge in [-0.05, 0) is 40.2 Å². The highest BCUT2D eigenvalue weighted by Gasteiger charge is 2.08. The monoisotopic (exact) mass is 367 g/mol. The number of carbonyl (C=O) groups is 1. The van der Waals surface area contributed by atoms with Crippen LogP contribution in [-0.2, 0) is 0 Å². The smallest absolute Gasteiger partial charge is 0.273 e. The zero-order valence-electron chi connectivity index (χ0n) is 10.7. The number of aromatic hydroxyl groups is 1. The predicted molar refractivity (Wildman–Crippen MR) is 86.7 cm³/mol. The Kier molecular flexibility index (Phi) is 4.82. The Bertz CT molecular complexity index is 719. The first-order valence-corrected chi connectivity index (χ1v) is 7.02. The number of hydrogen-bond acceptors (Lipinski definition) is 4. The van der Waals surface area contributed by atoms with E-state index >= 15 is 0 Å². The van der Waals surface area contributed by atoms with Gasteiger partial charge in [0.15, 0.2) is 0 Å². The lowest BCUT2D eigenvalue weighted by atomic mass is 10.2. The van der Waals surface area contributed by atoms with E-state index in [2.05, 4.69) is 26.5 Å². The van der Waals surface area contributed by atoms with Crippen molar-refractivity contribution in [2.45, 2.75) is 0 Å². The number of nitrogens with zero attached hydrogens (tertiary/aromatic N) is 1. The summed E-state index contributed by atoms with van der Waals surface area (Å²) >= 11 is 9.04. The lowest BCUT2D eigenvalue weighted by molar-refractivity contribution is 0.0956. The molecule has 0 aliphatic rings. The largest absolute Gasteiger partial charge is 0.506 e. The maximum Gasteiger partial charge on any atom is 0.273 e. The average molecular weight is 369 g/mol. The van der Waals surface area contributed by atoms with E-state index < -0.39 is 5.91 Å². The molecule has 7 heteroatoms. The first-order valence-electron chi connectivity index (χ1n) is 5.85. The van der Waals surface area contributed by atoms with E-state index in [0.717, 1.165) is 0 Å². The summed E-state index contributed by atoms with van der Waals surface area (Å²) in [5.74, 6) is -0.457. The van der Waals surface area contributed by atoms with Crippen LogP contribution in [0.25, 0.3) is 0 Å². The van der Waals surface area contributed by atoms with Gasteiger partial charge in [-0.2, -0.15) is 5.10 Å². The van der Waals surface area contributed by atoms with Crippen LogP contribution >= 0.6 is 27.5 Å². The number of phenolic OH excluding ortho intramolecular Hbond substituents is 1. The Morgan fingerprint density at radius 1 is 1.38 bits per heavy atom. The van der Waals surface area contributed by atoms with Crippen LogP contribution in [0.15, 0.2) is 46.0 Å². The fourth-order valence-corrected chi connectivity index (χ4v) is 2.44. The molecule has 0 saturated heterocycles. The van der Waals surface area contributed by atoms with E-state index in [1.807, 2.05) is 0 Å². The zero-order chi connectivity index (χ0) is 15.4. The maximum absolute atomic E-state index is 11.9. The Labute approximate surface area is 134 Å². The molecule has 0 atom stereocenters. The number of nitrogens with two attached hydrogens (primary N) is 1. The van der Waals surface area contributed by atoms with Crippen LogP contribution in [0.5, 0.6) is 5.75 Å². The molecule has 0 aliphatic carbocycles. The lowest BCUT2D eigenvalue weighted by Crippen LogP contribution is -2.19. The molecule has 2 rings (SSSR count). The van der Waals surface area contributed by atoms with Crippen molar-refractivity contribution in [2.24, 2.45) is 5.10 Å². The van der Waals surface area contributed by atoms with E-state index in [1.54, 1.807) is 30.3 Å². The van der Waals surface area contributed by atoms with Gasteiger partial charge in [0.1, 0.15) is 5.75 Å². The average Bonchev–Trinajstić information content (AvgIpc) is 2.44. The number of phenols is 1. The number of halogens is 2. The first-order chi connectivity index (χ1) is 9.99. The zero-order valence-corrected chi connectivity index (χ0v) is 13.0. The molecule has 0 saturated carbocycles. The maximum atomic E-state index is 11.9. The molecule has 2 aromatic carbocycles. The standard InChI is InChI=1S/C14H11BrClN3O2/c15-11-6-9(16)5-8(13(11)20)7-18-19-14(21)10-3-1-2-4-12(10)17/h1-7,20H,17H2,(H,19,21). The van der Waals surface area contributed by atoms with Crippen molar-refractivity contribution in [1.82, 2.24) is 5.43 Å². The van der Waals surface area contributed by atoms with Crippen LogP contribution < -0.4 is 11.2 Å². The van der Waals surface area contributed by atoms with E-state index in [-0.39, 0.29) is 5.75 Å². The molecular formula is C14H11BrClN3O2. The second-order valence-corrected chi connectivity index (χ2v) is 5.40. The van der Waals surface area contributed by atoms with Crippen molar-refractivity contribution >= 4 is 45.3 Å². The summed E-state index contributed by atoms with van der Waals surface area (Å²) in [5, 5.41) is 14.0. The molecule has 0 radical (unpaired) electrons. The van der Waals surface area contributed by atoms with Gasteiger partial charge in [-0.15, -0.1) is 0 Å². The molecule has 0 fully saturated rings. The number of carbonyl (C=O) groups excluding carboxylic acids is 1. The molecule has 5 nitrogen and oxygen atoms in total. The summed E-state index contributed by atoms with van der Waals surface area (Å²) < 4.78 is 0.440. The third-order valence-corrected chi connectivity index (χ3v) is 3.46. The quantitative estimate of drug-likeness (QED) is 0.442. The number of rotatable bonds is 3. The van der Waals surface area contributed by atoms with Crippen molar-refractivity contribution in [3.63, 3.8) is 0 Å². The minimum atomic E-state index is -0.440. The second-order valence-electron chi connectivity index (χ2n) is 4.11. The van der Waals surface area contributed by atoms with E-state index in [1.165, 1.54) is 12.3 Å². The van der Waals surface area contributed by atoms with E-state index in [9.17, 15) is 9.90 Å². The molecule has 0 unspecified atom stereocenters. The molecule has 0 bridgehead atoms. The Morgan fingerprint density at radius 2 is 2.10 bits per heavy atom. The van der Waals surface area contributed by atoms with Gasteiger partial charge in [0.2, 0.25) is 0 Å². The van der Waals surface area contributed by atoms with Crippen molar-refractivity contribution < 1.29 is 9.90 Å².